The summed E-state index contributed by atoms with van der Waals surface area (Å²) < 4.78 is 19.0. The molecule has 0 atom stereocenters. The first kappa shape index (κ1) is 15.1. The lowest BCUT2D eigenvalue weighted by Gasteiger charge is -2.09. The number of carboxylic acid groups (broad SMARTS) is 1. The van der Waals surface area contributed by atoms with E-state index in [9.17, 15) is 14.3 Å². The third-order valence-electron chi connectivity index (χ3n) is 2.92. The van der Waals surface area contributed by atoms with Gasteiger partial charge in [-0.05, 0) is 24.3 Å². The van der Waals surface area contributed by atoms with Crippen molar-refractivity contribution in [2.75, 3.05) is 7.11 Å². The number of halogens is 2. The molecule has 0 fully saturated rings. The summed E-state index contributed by atoms with van der Waals surface area (Å²) in [6.45, 7) is 0. The number of methoxy groups -OCH3 is 1. The van der Waals surface area contributed by atoms with Gasteiger partial charge in [0.1, 0.15) is 11.6 Å². The van der Waals surface area contributed by atoms with Crippen LogP contribution in [0.2, 0.25) is 5.02 Å². The predicted molar refractivity (Wildman–Crippen MR) is 79.9 cm³/mol. The summed E-state index contributed by atoms with van der Waals surface area (Å²) in [5, 5.41) is 9.54. The van der Waals surface area contributed by atoms with E-state index in [0.717, 1.165) is 0 Å². The van der Waals surface area contributed by atoms with Crippen LogP contribution in [0.3, 0.4) is 0 Å². The molecule has 0 spiro atoms. The minimum Gasteiger partial charge on any atom is -0.496 e. The number of carbonyl (C=O) groups is 1. The number of hydrogen-bond donors (Lipinski definition) is 1. The number of rotatable bonds is 4. The first-order chi connectivity index (χ1) is 10.0. The lowest BCUT2D eigenvalue weighted by molar-refractivity contribution is -0.130. The normalized spacial score (nSPS) is 11.3. The summed E-state index contributed by atoms with van der Waals surface area (Å²) in [6, 6.07) is 10.8. The van der Waals surface area contributed by atoms with Crippen LogP contribution in [0.5, 0.6) is 5.75 Å². The Kier molecular flexibility index (Phi) is 4.60. The van der Waals surface area contributed by atoms with Crippen molar-refractivity contribution in [2.45, 2.75) is 0 Å². The molecule has 2 rings (SSSR count). The van der Waals surface area contributed by atoms with E-state index >= 15 is 0 Å². The average Bonchev–Trinajstić information content (AvgIpc) is 2.46. The highest BCUT2D eigenvalue weighted by Crippen LogP contribution is 2.30. The van der Waals surface area contributed by atoms with Gasteiger partial charge in [0, 0.05) is 11.1 Å². The van der Waals surface area contributed by atoms with Crippen LogP contribution in [0.1, 0.15) is 11.1 Å². The Labute approximate surface area is 126 Å². The van der Waals surface area contributed by atoms with Gasteiger partial charge in [0.2, 0.25) is 0 Å². The van der Waals surface area contributed by atoms with Crippen molar-refractivity contribution < 1.29 is 19.0 Å². The third-order valence-corrected chi connectivity index (χ3v) is 3.25. The smallest absolute Gasteiger partial charge is 0.336 e. The Balaban J connectivity index is 2.64. The average molecular weight is 307 g/mol. The van der Waals surface area contributed by atoms with Gasteiger partial charge in [-0.3, -0.25) is 0 Å². The van der Waals surface area contributed by atoms with Gasteiger partial charge in [0.25, 0.3) is 0 Å². The van der Waals surface area contributed by atoms with Crippen LogP contribution in [0.4, 0.5) is 4.39 Å². The van der Waals surface area contributed by atoms with E-state index < -0.39 is 11.8 Å². The van der Waals surface area contributed by atoms with Gasteiger partial charge in [-0.2, -0.15) is 0 Å². The fourth-order valence-corrected chi connectivity index (χ4v) is 2.13. The standard InChI is InChI=1S/C16H12ClFO3/c1-21-15-8-3-2-5-10(15)11(16(19)20)9-12-13(17)6-4-7-14(12)18/h2-9H,1H3,(H,19,20)/b11-9-. The maximum Gasteiger partial charge on any atom is 0.336 e. The molecular formula is C16H12ClFO3. The molecule has 0 saturated heterocycles. The summed E-state index contributed by atoms with van der Waals surface area (Å²) in [5.74, 6) is -1.39. The Morgan fingerprint density at radius 2 is 1.95 bits per heavy atom. The lowest BCUT2D eigenvalue weighted by atomic mass is 10.0. The molecule has 0 aliphatic rings. The van der Waals surface area contributed by atoms with Crippen LogP contribution in [0.15, 0.2) is 42.5 Å². The zero-order chi connectivity index (χ0) is 15.4. The monoisotopic (exact) mass is 306 g/mol. The van der Waals surface area contributed by atoms with Crippen molar-refractivity contribution in [3.8, 4) is 5.75 Å². The van der Waals surface area contributed by atoms with Crippen LogP contribution < -0.4 is 4.74 Å². The Bertz CT molecular complexity index is 690. The van der Waals surface area contributed by atoms with Crippen LogP contribution in [-0.2, 0) is 4.79 Å². The molecule has 0 radical (unpaired) electrons. The minimum atomic E-state index is -1.20. The van der Waals surface area contributed by atoms with Crippen LogP contribution in [0, 0.1) is 5.82 Å². The molecule has 108 valence electrons. The van der Waals surface area contributed by atoms with E-state index in [0.29, 0.717) is 11.3 Å². The van der Waals surface area contributed by atoms with Crippen LogP contribution in [-0.4, -0.2) is 18.2 Å². The zero-order valence-corrected chi connectivity index (χ0v) is 11.9. The van der Waals surface area contributed by atoms with Crippen molar-refractivity contribution in [3.05, 3.63) is 64.4 Å². The lowest BCUT2D eigenvalue weighted by Crippen LogP contribution is -2.02. The SMILES string of the molecule is COc1ccccc1/C(=C/c1c(F)cccc1Cl)C(=O)O. The van der Waals surface area contributed by atoms with Gasteiger partial charge in [0.05, 0.1) is 17.7 Å². The molecule has 0 aliphatic heterocycles. The number of ether oxygens (including phenoxy) is 1. The molecule has 21 heavy (non-hydrogen) atoms. The summed E-state index contributed by atoms with van der Waals surface area (Å²) in [4.78, 5) is 11.5. The number of para-hydroxylation sites is 1. The molecule has 0 unspecified atom stereocenters. The molecular weight excluding hydrogens is 295 g/mol. The second-order valence-corrected chi connectivity index (χ2v) is 4.61. The molecule has 0 amide bonds. The summed E-state index contributed by atoms with van der Waals surface area (Å²) in [6.07, 6.45) is 1.21. The van der Waals surface area contributed by atoms with E-state index in [2.05, 4.69) is 0 Å². The molecule has 2 aromatic carbocycles. The molecule has 3 nitrogen and oxygen atoms in total. The molecule has 0 heterocycles. The Morgan fingerprint density at radius 3 is 2.57 bits per heavy atom. The van der Waals surface area contributed by atoms with Gasteiger partial charge in [0.15, 0.2) is 0 Å². The zero-order valence-electron chi connectivity index (χ0n) is 11.1. The number of hydrogen-bond acceptors (Lipinski definition) is 2. The van der Waals surface area contributed by atoms with E-state index in [1.807, 2.05) is 0 Å². The largest absolute Gasteiger partial charge is 0.496 e. The van der Waals surface area contributed by atoms with Crippen molar-refractivity contribution in [2.24, 2.45) is 0 Å². The first-order valence-corrected chi connectivity index (χ1v) is 6.44. The fraction of sp³-hybridized carbons (Fsp3) is 0.0625. The Morgan fingerprint density at radius 1 is 1.24 bits per heavy atom. The maximum absolute atomic E-state index is 13.8. The predicted octanol–water partition coefficient (Wildman–Crippen LogP) is 4.11. The van der Waals surface area contributed by atoms with E-state index in [4.69, 9.17) is 16.3 Å². The van der Waals surface area contributed by atoms with E-state index in [1.165, 1.54) is 31.4 Å². The molecule has 0 saturated carbocycles. The van der Waals surface area contributed by atoms with E-state index in [1.54, 1.807) is 24.3 Å². The first-order valence-electron chi connectivity index (χ1n) is 6.07. The van der Waals surface area contributed by atoms with Crippen molar-refractivity contribution in [3.63, 3.8) is 0 Å². The summed E-state index contributed by atoms with van der Waals surface area (Å²) in [5.41, 5.74) is 0.286. The third kappa shape index (κ3) is 3.23. The molecule has 2 aromatic rings. The molecule has 0 aromatic heterocycles. The van der Waals surface area contributed by atoms with Gasteiger partial charge >= 0.3 is 5.97 Å². The van der Waals surface area contributed by atoms with Crippen molar-refractivity contribution in [1.29, 1.82) is 0 Å². The highest BCUT2D eigenvalue weighted by atomic mass is 35.5. The molecule has 5 heteroatoms. The van der Waals surface area contributed by atoms with Crippen LogP contribution >= 0.6 is 11.6 Å². The summed E-state index contributed by atoms with van der Waals surface area (Å²) in [7, 11) is 1.44. The number of carboxylic acids is 1. The van der Waals surface area contributed by atoms with Crippen molar-refractivity contribution >= 4 is 29.2 Å². The second-order valence-electron chi connectivity index (χ2n) is 4.20. The van der Waals surface area contributed by atoms with Gasteiger partial charge in [-0.25, -0.2) is 9.18 Å². The maximum atomic E-state index is 13.8. The quantitative estimate of drug-likeness (QED) is 0.683. The van der Waals surface area contributed by atoms with E-state index in [-0.39, 0.29) is 16.2 Å². The van der Waals surface area contributed by atoms with Crippen molar-refractivity contribution in [1.82, 2.24) is 0 Å². The summed E-state index contributed by atoms with van der Waals surface area (Å²) >= 11 is 5.93. The van der Waals surface area contributed by atoms with Gasteiger partial charge < -0.3 is 9.84 Å². The molecule has 0 bridgehead atoms. The highest BCUT2D eigenvalue weighted by Gasteiger charge is 2.17. The Hall–Kier alpha value is -2.33. The number of benzene rings is 2. The van der Waals surface area contributed by atoms with Crippen LogP contribution in [0.25, 0.3) is 11.6 Å². The molecule has 0 aliphatic carbocycles. The number of aliphatic carboxylic acids is 1. The highest BCUT2D eigenvalue weighted by molar-refractivity contribution is 6.33. The second kappa shape index (κ2) is 6.41. The minimum absolute atomic E-state index is 0.0301. The van der Waals surface area contributed by atoms with Gasteiger partial charge in [-0.15, -0.1) is 0 Å². The fourth-order valence-electron chi connectivity index (χ4n) is 1.91. The van der Waals surface area contributed by atoms with Gasteiger partial charge in [-0.1, -0.05) is 35.9 Å². The molecule has 1 N–H and O–H groups in total. The topological polar surface area (TPSA) is 46.5 Å².